The number of aliphatic hydroxyl groups excluding tert-OH is 1. The average Bonchev–Trinajstić information content (AvgIpc) is 2.43. The molecule has 1 aromatic carbocycles. The van der Waals surface area contributed by atoms with Crippen molar-refractivity contribution in [2.24, 2.45) is 0 Å². The van der Waals surface area contributed by atoms with Gasteiger partial charge in [0.05, 0.1) is 12.2 Å². The van der Waals surface area contributed by atoms with Crippen LogP contribution in [0.15, 0.2) is 18.2 Å². The normalized spacial score (nSPS) is 9.60. The Bertz CT molecular complexity index is 389. The second kappa shape index (κ2) is 11.6. The first-order valence-corrected chi connectivity index (χ1v) is 7.23. The van der Waals surface area contributed by atoms with E-state index in [4.69, 9.17) is 26.6 Å². The number of benzene rings is 1. The SMILES string of the molecule is CCCOC(=O)c1ccc(O)cc1C.OCCCCCl. The molecule has 0 aromatic heterocycles. The third-order valence-corrected chi connectivity index (χ3v) is 2.68. The van der Waals surface area contributed by atoms with Crippen LogP contribution in [0.25, 0.3) is 0 Å². The van der Waals surface area contributed by atoms with Gasteiger partial charge in [0.1, 0.15) is 5.75 Å². The average molecular weight is 303 g/mol. The number of carbonyl (C=O) groups is 1. The highest BCUT2D eigenvalue weighted by molar-refractivity contribution is 6.17. The van der Waals surface area contributed by atoms with Gasteiger partial charge in [-0.1, -0.05) is 6.92 Å². The molecule has 0 radical (unpaired) electrons. The molecule has 5 heteroatoms. The topological polar surface area (TPSA) is 66.8 Å². The number of halogens is 1. The minimum Gasteiger partial charge on any atom is -0.508 e. The third-order valence-electron chi connectivity index (χ3n) is 2.41. The molecular weight excluding hydrogens is 280 g/mol. The van der Waals surface area contributed by atoms with Crippen LogP contribution >= 0.6 is 11.6 Å². The lowest BCUT2D eigenvalue weighted by Crippen LogP contribution is -2.07. The van der Waals surface area contributed by atoms with Crippen molar-refractivity contribution in [3.8, 4) is 5.75 Å². The molecule has 0 saturated heterocycles. The van der Waals surface area contributed by atoms with E-state index in [0.29, 0.717) is 18.1 Å². The molecule has 0 heterocycles. The number of aliphatic hydroxyl groups is 1. The minimum atomic E-state index is -0.329. The van der Waals surface area contributed by atoms with Crippen LogP contribution in [-0.4, -0.2) is 35.3 Å². The summed E-state index contributed by atoms with van der Waals surface area (Å²) in [6, 6.07) is 4.60. The van der Waals surface area contributed by atoms with E-state index in [-0.39, 0.29) is 18.3 Å². The molecule has 0 aliphatic rings. The van der Waals surface area contributed by atoms with Gasteiger partial charge in [-0.3, -0.25) is 0 Å². The maximum absolute atomic E-state index is 11.4. The summed E-state index contributed by atoms with van der Waals surface area (Å²) in [5.74, 6) is 0.500. The number of esters is 1. The van der Waals surface area contributed by atoms with Gasteiger partial charge >= 0.3 is 5.97 Å². The second-order valence-electron chi connectivity index (χ2n) is 4.25. The molecule has 0 bridgehead atoms. The first kappa shape index (κ1) is 18.7. The monoisotopic (exact) mass is 302 g/mol. The third kappa shape index (κ3) is 8.02. The van der Waals surface area contributed by atoms with E-state index in [1.807, 2.05) is 6.92 Å². The standard InChI is InChI=1S/C11H14O3.C4H9ClO/c1-3-6-14-11(13)10-5-4-9(12)7-8(10)2;5-3-1-2-4-6/h4-5,7,12H,3,6H2,1-2H3;6H,1-4H2. The number of phenolic OH excluding ortho intramolecular Hbond substituents is 1. The Morgan fingerprint density at radius 1 is 1.35 bits per heavy atom. The molecule has 1 aromatic rings. The maximum Gasteiger partial charge on any atom is 0.338 e. The van der Waals surface area contributed by atoms with Crippen LogP contribution in [0.2, 0.25) is 0 Å². The Morgan fingerprint density at radius 2 is 2.05 bits per heavy atom. The molecule has 20 heavy (non-hydrogen) atoms. The van der Waals surface area contributed by atoms with Gasteiger partial charge in [-0.05, 0) is 49.9 Å². The Hall–Kier alpha value is -1.26. The van der Waals surface area contributed by atoms with Gasteiger partial charge in [0.15, 0.2) is 0 Å². The number of aryl methyl sites for hydroxylation is 1. The van der Waals surface area contributed by atoms with E-state index in [9.17, 15) is 4.79 Å². The van der Waals surface area contributed by atoms with Crippen LogP contribution in [0.4, 0.5) is 0 Å². The number of hydrogen-bond donors (Lipinski definition) is 2. The fourth-order valence-corrected chi connectivity index (χ4v) is 1.54. The number of hydrogen-bond acceptors (Lipinski definition) is 4. The van der Waals surface area contributed by atoms with E-state index >= 15 is 0 Å². The molecule has 0 atom stereocenters. The Kier molecular flexibility index (Phi) is 10.8. The lowest BCUT2D eigenvalue weighted by Gasteiger charge is -2.05. The van der Waals surface area contributed by atoms with Gasteiger partial charge in [0.2, 0.25) is 0 Å². The van der Waals surface area contributed by atoms with Gasteiger partial charge in [-0.2, -0.15) is 0 Å². The highest BCUT2D eigenvalue weighted by atomic mass is 35.5. The van der Waals surface area contributed by atoms with Crippen molar-refractivity contribution in [2.75, 3.05) is 19.1 Å². The van der Waals surface area contributed by atoms with Gasteiger partial charge < -0.3 is 14.9 Å². The van der Waals surface area contributed by atoms with E-state index in [1.165, 1.54) is 6.07 Å². The largest absolute Gasteiger partial charge is 0.508 e. The maximum atomic E-state index is 11.4. The molecule has 0 saturated carbocycles. The Morgan fingerprint density at radius 3 is 2.50 bits per heavy atom. The summed E-state index contributed by atoms with van der Waals surface area (Å²) in [6.07, 6.45) is 2.57. The molecule has 0 aliphatic carbocycles. The highest BCUT2D eigenvalue weighted by Crippen LogP contribution is 2.16. The number of rotatable bonds is 6. The van der Waals surface area contributed by atoms with Gasteiger partial charge in [0.25, 0.3) is 0 Å². The molecular formula is C15H23ClO4. The molecule has 1 rings (SSSR count). The van der Waals surface area contributed by atoms with Gasteiger partial charge in [0, 0.05) is 12.5 Å². The molecule has 0 fully saturated rings. The summed E-state index contributed by atoms with van der Waals surface area (Å²) >= 11 is 5.27. The summed E-state index contributed by atoms with van der Waals surface area (Å²) in [5.41, 5.74) is 1.24. The molecule has 4 nitrogen and oxygen atoms in total. The summed E-state index contributed by atoms with van der Waals surface area (Å²) in [7, 11) is 0. The molecule has 0 spiro atoms. The van der Waals surface area contributed by atoms with Gasteiger partial charge in [-0.15, -0.1) is 11.6 Å². The predicted octanol–water partition coefficient (Wildman–Crippen LogP) is 3.27. The highest BCUT2D eigenvalue weighted by Gasteiger charge is 2.09. The van der Waals surface area contributed by atoms with Crippen LogP contribution in [0, 0.1) is 6.92 Å². The first-order chi connectivity index (χ1) is 9.56. The Labute approximate surface area is 125 Å². The summed E-state index contributed by atoms with van der Waals surface area (Å²) in [5, 5.41) is 17.3. The van der Waals surface area contributed by atoms with Crippen molar-refractivity contribution >= 4 is 17.6 Å². The van der Waals surface area contributed by atoms with E-state index in [0.717, 1.165) is 24.8 Å². The lowest BCUT2D eigenvalue weighted by molar-refractivity contribution is 0.0504. The van der Waals surface area contributed by atoms with E-state index < -0.39 is 0 Å². The summed E-state index contributed by atoms with van der Waals surface area (Å²) < 4.78 is 4.98. The van der Waals surface area contributed by atoms with Crippen molar-refractivity contribution in [3.05, 3.63) is 29.3 Å². The van der Waals surface area contributed by atoms with E-state index in [2.05, 4.69) is 0 Å². The number of aromatic hydroxyl groups is 1. The zero-order chi connectivity index (χ0) is 15.4. The Balaban J connectivity index is 0.000000511. The molecule has 2 N–H and O–H groups in total. The van der Waals surface area contributed by atoms with E-state index in [1.54, 1.807) is 19.1 Å². The fraction of sp³-hybridized carbons (Fsp3) is 0.533. The van der Waals surface area contributed by atoms with Crippen LogP contribution < -0.4 is 0 Å². The quantitative estimate of drug-likeness (QED) is 0.481. The molecule has 0 amide bonds. The zero-order valence-corrected chi connectivity index (χ0v) is 12.8. The smallest absolute Gasteiger partial charge is 0.338 e. The van der Waals surface area contributed by atoms with Crippen molar-refractivity contribution in [2.45, 2.75) is 33.1 Å². The number of carbonyl (C=O) groups excluding carboxylic acids is 1. The summed E-state index contributed by atoms with van der Waals surface area (Å²) in [4.78, 5) is 11.4. The van der Waals surface area contributed by atoms with Crippen molar-refractivity contribution in [1.29, 1.82) is 0 Å². The van der Waals surface area contributed by atoms with Crippen molar-refractivity contribution < 1.29 is 19.7 Å². The van der Waals surface area contributed by atoms with Crippen LogP contribution in [0.5, 0.6) is 5.75 Å². The second-order valence-corrected chi connectivity index (χ2v) is 4.63. The predicted molar refractivity (Wildman–Crippen MR) is 80.5 cm³/mol. The lowest BCUT2D eigenvalue weighted by atomic mass is 10.1. The van der Waals surface area contributed by atoms with Crippen molar-refractivity contribution in [1.82, 2.24) is 0 Å². The fourth-order valence-electron chi connectivity index (χ4n) is 1.36. The van der Waals surface area contributed by atoms with Gasteiger partial charge in [-0.25, -0.2) is 4.79 Å². The molecule has 0 unspecified atom stereocenters. The van der Waals surface area contributed by atoms with Crippen LogP contribution in [-0.2, 0) is 4.74 Å². The molecule has 0 aliphatic heterocycles. The first-order valence-electron chi connectivity index (χ1n) is 6.70. The zero-order valence-electron chi connectivity index (χ0n) is 12.1. The minimum absolute atomic E-state index is 0.162. The molecule has 114 valence electrons. The van der Waals surface area contributed by atoms with Crippen LogP contribution in [0.3, 0.4) is 0 Å². The van der Waals surface area contributed by atoms with Crippen LogP contribution in [0.1, 0.15) is 42.1 Å². The number of ether oxygens (including phenoxy) is 1. The summed E-state index contributed by atoms with van der Waals surface area (Å²) in [6.45, 7) is 4.41. The number of phenols is 1. The number of alkyl halides is 1. The number of unbranched alkanes of at least 4 members (excludes halogenated alkanes) is 1. The van der Waals surface area contributed by atoms with Crippen molar-refractivity contribution in [3.63, 3.8) is 0 Å².